The van der Waals surface area contributed by atoms with Gasteiger partial charge >= 0.3 is 0 Å². The number of rotatable bonds is 6. The van der Waals surface area contributed by atoms with Crippen LogP contribution in [0, 0.1) is 0 Å². The fourth-order valence-corrected chi connectivity index (χ4v) is 4.20. The number of phenols is 1. The van der Waals surface area contributed by atoms with E-state index in [9.17, 15) is 9.90 Å². The van der Waals surface area contributed by atoms with Gasteiger partial charge in [-0.1, -0.05) is 29.8 Å². The number of carbonyl (C=O) groups is 1. The topological polar surface area (TPSA) is 91.6 Å². The molecule has 0 bridgehead atoms. The van der Waals surface area contributed by atoms with Crippen molar-refractivity contribution < 1.29 is 19.1 Å². The van der Waals surface area contributed by atoms with E-state index in [2.05, 4.69) is 10.2 Å². The predicted molar refractivity (Wildman–Crippen MR) is 119 cm³/mol. The van der Waals surface area contributed by atoms with Gasteiger partial charge in [0.25, 0.3) is 5.91 Å². The van der Waals surface area contributed by atoms with Gasteiger partial charge in [0.1, 0.15) is 11.5 Å². The molecular formula is C24H20ClN3O4. The summed E-state index contributed by atoms with van der Waals surface area (Å²) in [5.41, 5.74) is 3.49. The minimum atomic E-state index is -0.452. The number of hydrogen-bond donors (Lipinski definition) is 2. The number of aromatic nitrogens is 2. The monoisotopic (exact) mass is 449 g/mol. The molecule has 1 aliphatic rings. The van der Waals surface area contributed by atoms with Crippen molar-refractivity contribution in [2.24, 2.45) is 0 Å². The summed E-state index contributed by atoms with van der Waals surface area (Å²) in [4.78, 5) is 15.1. The van der Waals surface area contributed by atoms with Crippen LogP contribution in [-0.4, -0.2) is 32.7 Å². The first-order chi connectivity index (χ1) is 15.6. The lowest BCUT2D eigenvalue weighted by molar-refractivity contribution is 0.0716. The number of amides is 1. The summed E-state index contributed by atoms with van der Waals surface area (Å²) in [5.74, 6) is 0.890. The number of carbonyl (C=O) groups excluding carboxylic acids is 1. The van der Waals surface area contributed by atoms with Crippen molar-refractivity contribution >= 4 is 17.5 Å². The minimum Gasteiger partial charge on any atom is -0.504 e. The van der Waals surface area contributed by atoms with E-state index in [1.807, 2.05) is 25.1 Å². The molecule has 1 atom stereocenters. The van der Waals surface area contributed by atoms with E-state index in [0.717, 1.165) is 16.7 Å². The van der Waals surface area contributed by atoms with Gasteiger partial charge in [-0.3, -0.25) is 9.89 Å². The van der Waals surface area contributed by atoms with Gasteiger partial charge in [-0.15, -0.1) is 0 Å². The molecule has 0 saturated heterocycles. The molecule has 0 radical (unpaired) electrons. The molecule has 1 unspecified atom stereocenters. The molecule has 2 N–H and O–H groups in total. The van der Waals surface area contributed by atoms with Crippen LogP contribution >= 0.6 is 11.6 Å². The second kappa shape index (κ2) is 8.09. The number of aromatic hydroxyl groups is 1. The number of fused-ring (bicyclic) bond motifs is 1. The summed E-state index contributed by atoms with van der Waals surface area (Å²) in [6.07, 6.45) is 1.58. The molecule has 0 saturated carbocycles. The summed E-state index contributed by atoms with van der Waals surface area (Å²) in [7, 11) is 0. The number of nitrogens with zero attached hydrogens (tertiary/aromatic N) is 2. The van der Waals surface area contributed by atoms with Gasteiger partial charge in [-0.25, -0.2) is 0 Å². The van der Waals surface area contributed by atoms with Crippen LogP contribution in [0.1, 0.15) is 40.3 Å². The number of phenolic OH excluding ortho intramolecular Hbond substituents is 1. The number of furan rings is 1. The van der Waals surface area contributed by atoms with Crippen molar-refractivity contribution in [2.75, 3.05) is 6.61 Å². The number of aromatic amines is 1. The molecule has 0 spiro atoms. The van der Waals surface area contributed by atoms with Crippen molar-refractivity contribution in [2.45, 2.75) is 19.5 Å². The van der Waals surface area contributed by atoms with Crippen molar-refractivity contribution in [3.05, 3.63) is 88.5 Å². The second-order valence-corrected chi connectivity index (χ2v) is 7.88. The van der Waals surface area contributed by atoms with Crippen molar-refractivity contribution in [3.8, 4) is 22.8 Å². The van der Waals surface area contributed by atoms with Gasteiger partial charge in [0.05, 0.1) is 31.2 Å². The largest absolute Gasteiger partial charge is 0.504 e. The lowest BCUT2D eigenvalue weighted by Gasteiger charge is -2.26. The molecule has 3 heterocycles. The van der Waals surface area contributed by atoms with E-state index in [0.29, 0.717) is 34.5 Å². The molecule has 7 nitrogen and oxygen atoms in total. The van der Waals surface area contributed by atoms with E-state index >= 15 is 0 Å². The molecule has 2 aromatic carbocycles. The van der Waals surface area contributed by atoms with Crippen LogP contribution in [0.4, 0.5) is 0 Å². The van der Waals surface area contributed by atoms with Gasteiger partial charge in [0.2, 0.25) is 0 Å². The molecular weight excluding hydrogens is 430 g/mol. The Labute approximate surface area is 189 Å². The Morgan fingerprint density at radius 1 is 1.22 bits per heavy atom. The van der Waals surface area contributed by atoms with E-state index < -0.39 is 6.04 Å². The average Bonchev–Trinajstić information content (AvgIpc) is 3.51. The van der Waals surface area contributed by atoms with Gasteiger partial charge in [-0.05, 0) is 48.9 Å². The number of ether oxygens (including phenoxy) is 1. The highest BCUT2D eigenvalue weighted by molar-refractivity contribution is 6.30. The summed E-state index contributed by atoms with van der Waals surface area (Å²) in [5, 5.41) is 18.2. The van der Waals surface area contributed by atoms with Crippen LogP contribution < -0.4 is 4.74 Å². The SMILES string of the molecule is CCOc1cc(C2c3c(-c4ccc(Cl)cc4)n[nH]c3C(=O)N2Cc2ccco2)ccc1O. The fraction of sp³-hybridized carbons (Fsp3) is 0.167. The zero-order valence-corrected chi connectivity index (χ0v) is 18.0. The number of H-pyrrole nitrogens is 1. The highest BCUT2D eigenvalue weighted by Crippen LogP contribution is 2.45. The number of benzene rings is 2. The first-order valence-electron chi connectivity index (χ1n) is 10.2. The van der Waals surface area contributed by atoms with Crippen LogP contribution in [0.3, 0.4) is 0 Å². The molecule has 2 aromatic heterocycles. The molecule has 1 aliphatic heterocycles. The minimum absolute atomic E-state index is 0.0443. The Hall–Kier alpha value is -3.71. The maximum absolute atomic E-state index is 13.4. The van der Waals surface area contributed by atoms with E-state index in [1.165, 1.54) is 0 Å². The Balaban J connectivity index is 1.66. The highest BCUT2D eigenvalue weighted by atomic mass is 35.5. The lowest BCUT2D eigenvalue weighted by atomic mass is 9.95. The van der Waals surface area contributed by atoms with Gasteiger partial charge in [0.15, 0.2) is 11.5 Å². The molecule has 162 valence electrons. The zero-order chi connectivity index (χ0) is 22.2. The second-order valence-electron chi connectivity index (χ2n) is 7.44. The summed E-state index contributed by atoms with van der Waals surface area (Å²) in [6.45, 7) is 2.54. The van der Waals surface area contributed by atoms with E-state index in [-0.39, 0.29) is 18.2 Å². The summed E-state index contributed by atoms with van der Waals surface area (Å²) in [6, 6.07) is 15.6. The van der Waals surface area contributed by atoms with Crippen LogP contribution in [-0.2, 0) is 6.54 Å². The average molecular weight is 450 g/mol. The molecule has 4 aromatic rings. The molecule has 5 rings (SSSR count). The highest BCUT2D eigenvalue weighted by Gasteiger charge is 2.42. The molecule has 0 aliphatic carbocycles. The zero-order valence-electron chi connectivity index (χ0n) is 17.2. The predicted octanol–water partition coefficient (Wildman–Crippen LogP) is 5.17. The van der Waals surface area contributed by atoms with Gasteiger partial charge < -0.3 is 19.2 Å². The van der Waals surface area contributed by atoms with Crippen LogP contribution in [0.15, 0.2) is 65.3 Å². The summed E-state index contributed by atoms with van der Waals surface area (Å²) >= 11 is 6.06. The standard InChI is InChI=1S/C24H20ClN3O4/c1-2-31-19-12-15(7-10-18(19)29)23-20-21(14-5-8-16(25)9-6-14)26-27-22(20)24(30)28(23)13-17-4-3-11-32-17/h3-12,23,29H,2,13H2,1H3,(H,26,27). The third kappa shape index (κ3) is 3.40. The summed E-state index contributed by atoms with van der Waals surface area (Å²) < 4.78 is 11.1. The van der Waals surface area contributed by atoms with Gasteiger partial charge in [-0.2, -0.15) is 5.10 Å². The van der Waals surface area contributed by atoms with Crippen molar-refractivity contribution in [1.29, 1.82) is 0 Å². The van der Waals surface area contributed by atoms with Crippen molar-refractivity contribution in [1.82, 2.24) is 15.1 Å². The Kier molecular flexibility index (Phi) is 5.11. The normalized spacial score (nSPS) is 15.2. The number of nitrogens with one attached hydrogen (secondary N) is 1. The Morgan fingerprint density at radius 2 is 2.03 bits per heavy atom. The number of hydrogen-bond acceptors (Lipinski definition) is 5. The maximum Gasteiger partial charge on any atom is 0.273 e. The lowest BCUT2D eigenvalue weighted by Crippen LogP contribution is -2.29. The van der Waals surface area contributed by atoms with Crippen LogP contribution in [0.25, 0.3) is 11.3 Å². The maximum atomic E-state index is 13.4. The third-order valence-electron chi connectivity index (χ3n) is 5.49. The Bertz CT molecular complexity index is 1270. The van der Waals surface area contributed by atoms with Crippen molar-refractivity contribution in [3.63, 3.8) is 0 Å². The van der Waals surface area contributed by atoms with E-state index in [4.69, 9.17) is 20.8 Å². The van der Waals surface area contributed by atoms with Crippen LogP contribution in [0.5, 0.6) is 11.5 Å². The smallest absolute Gasteiger partial charge is 0.273 e. The molecule has 0 fully saturated rings. The molecule has 8 heteroatoms. The van der Waals surface area contributed by atoms with Crippen LogP contribution in [0.2, 0.25) is 5.02 Å². The fourth-order valence-electron chi connectivity index (χ4n) is 4.08. The van der Waals surface area contributed by atoms with Gasteiger partial charge in [0, 0.05) is 16.1 Å². The quantitative estimate of drug-likeness (QED) is 0.423. The first kappa shape index (κ1) is 20.2. The Morgan fingerprint density at radius 3 is 2.75 bits per heavy atom. The third-order valence-corrected chi connectivity index (χ3v) is 5.74. The van der Waals surface area contributed by atoms with E-state index in [1.54, 1.807) is 47.6 Å². The molecule has 1 amide bonds. The number of halogens is 1. The first-order valence-corrected chi connectivity index (χ1v) is 10.6. The molecule has 32 heavy (non-hydrogen) atoms.